The van der Waals surface area contributed by atoms with Crippen molar-refractivity contribution in [2.24, 2.45) is 0 Å². The summed E-state index contributed by atoms with van der Waals surface area (Å²) < 4.78 is 5.63. The molecule has 0 spiro atoms. The molecule has 0 aromatic heterocycles. The van der Waals surface area contributed by atoms with Crippen molar-refractivity contribution in [1.82, 2.24) is 0 Å². The molecule has 2 nitrogen and oxygen atoms in total. The number of hydrogen-bond donors (Lipinski definition) is 0. The number of benzene rings is 1. The van der Waals surface area contributed by atoms with E-state index >= 15 is 0 Å². The van der Waals surface area contributed by atoms with Crippen molar-refractivity contribution in [3.8, 4) is 5.75 Å². The van der Waals surface area contributed by atoms with E-state index in [1.54, 1.807) is 18.2 Å². The van der Waals surface area contributed by atoms with Crippen molar-refractivity contribution in [1.29, 1.82) is 0 Å². The second-order valence-corrected chi connectivity index (χ2v) is 3.85. The number of Topliss-reactive ketones (excluding diaryl/α,β-unsaturated/α-hetero) is 1. The van der Waals surface area contributed by atoms with Gasteiger partial charge in [-0.15, -0.1) is 0 Å². The van der Waals surface area contributed by atoms with Crippen LogP contribution in [0, 0.1) is 0 Å². The summed E-state index contributed by atoms with van der Waals surface area (Å²) in [5.74, 6) is 0.773. The lowest BCUT2D eigenvalue weighted by Crippen LogP contribution is -2.26. The van der Waals surface area contributed by atoms with Gasteiger partial charge in [-0.05, 0) is 24.6 Å². The van der Waals surface area contributed by atoms with Gasteiger partial charge in [0.2, 0.25) is 0 Å². The summed E-state index contributed by atoms with van der Waals surface area (Å²) in [7, 11) is 0. The van der Waals surface area contributed by atoms with Crippen LogP contribution in [-0.4, -0.2) is 11.9 Å². The Morgan fingerprint density at radius 2 is 2.36 bits per heavy atom. The smallest absolute Gasteiger partial charge is 0.170 e. The lowest BCUT2D eigenvalue weighted by molar-refractivity contribution is 0.0846. The van der Waals surface area contributed by atoms with E-state index in [2.05, 4.69) is 0 Å². The fourth-order valence-corrected chi connectivity index (χ4v) is 1.75. The van der Waals surface area contributed by atoms with Crippen LogP contribution in [-0.2, 0) is 0 Å². The van der Waals surface area contributed by atoms with Crippen LogP contribution in [0.4, 0.5) is 0 Å². The molecule has 1 aliphatic heterocycles. The molecule has 0 N–H and O–H groups in total. The number of ether oxygens (including phenoxy) is 1. The summed E-state index contributed by atoms with van der Waals surface area (Å²) in [5, 5.41) is 0.605. The first-order valence-electron chi connectivity index (χ1n) is 4.70. The van der Waals surface area contributed by atoms with E-state index in [4.69, 9.17) is 16.3 Å². The quantitative estimate of drug-likeness (QED) is 0.712. The SMILES string of the molecule is CCC1CC(=O)c2ccc(Cl)cc2O1. The third kappa shape index (κ3) is 1.62. The average molecular weight is 211 g/mol. The Kier molecular flexibility index (Phi) is 2.46. The number of ketones is 1. The van der Waals surface area contributed by atoms with Crippen molar-refractivity contribution in [2.45, 2.75) is 25.9 Å². The summed E-state index contributed by atoms with van der Waals surface area (Å²) in [6.07, 6.45) is 1.33. The molecule has 0 radical (unpaired) electrons. The highest BCUT2D eigenvalue weighted by molar-refractivity contribution is 6.30. The van der Waals surface area contributed by atoms with Gasteiger partial charge in [0, 0.05) is 11.4 Å². The monoisotopic (exact) mass is 210 g/mol. The maximum absolute atomic E-state index is 11.6. The molecule has 0 amide bonds. The number of halogens is 1. The van der Waals surface area contributed by atoms with E-state index in [1.165, 1.54) is 0 Å². The second-order valence-electron chi connectivity index (χ2n) is 3.42. The molecule has 0 fully saturated rings. The molecule has 0 bridgehead atoms. The van der Waals surface area contributed by atoms with E-state index in [9.17, 15) is 4.79 Å². The minimum atomic E-state index is 0.00784. The van der Waals surface area contributed by atoms with Crippen molar-refractivity contribution in [3.63, 3.8) is 0 Å². The van der Waals surface area contributed by atoms with E-state index in [0.717, 1.165) is 6.42 Å². The van der Waals surface area contributed by atoms with Gasteiger partial charge in [-0.2, -0.15) is 0 Å². The zero-order valence-corrected chi connectivity index (χ0v) is 8.67. The van der Waals surface area contributed by atoms with Gasteiger partial charge < -0.3 is 4.74 Å². The van der Waals surface area contributed by atoms with Gasteiger partial charge in [0.25, 0.3) is 0 Å². The van der Waals surface area contributed by atoms with Crippen molar-refractivity contribution < 1.29 is 9.53 Å². The highest BCUT2D eigenvalue weighted by Crippen LogP contribution is 2.30. The number of rotatable bonds is 1. The van der Waals surface area contributed by atoms with Crippen LogP contribution in [0.1, 0.15) is 30.1 Å². The Balaban J connectivity index is 2.40. The minimum Gasteiger partial charge on any atom is -0.489 e. The van der Waals surface area contributed by atoms with Crippen LogP contribution >= 0.6 is 11.6 Å². The van der Waals surface area contributed by atoms with Gasteiger partial charge in [0.15, 0.2) is 5.78 Å². The molecule has 0 saturated heterocycles. The summed E-state index contributed by atoms with van der Waals surface area (Å²) in [6.45, 7) is 2.01. The van der Waals surface area contributed by atoms with Crippen LogP contribution in [0.25, 0.3) is 0 Å². The van der Waals surface area contributed by atoms with Gasteiger partial charge in [-0.3, -0.25) is 4.79 Å². The molecule has 1 aliphatic rings. The molecular weight excluding hydrogens is 200 g/mol. The summed E-state index contributed by atoms with van der Waals surface area (Å²) in [4.78, 5) is 11.6. The topological polar surface area (TPSA) is 26.3 Å². The third-order valence-corrected chi connectivity index (χ3v) is 2.64. The predicted molar refractivity (Wildman–Crippen MR) is 55.1 cm³/mol. The Labute approximate surface area is 87.8 Å². The highest BCUT2D eigenvalue weighted by Gasteiger charge is 2.24. The zero-order chi connectivity index (χ0) is 10.1. The highest BCUT2D eigenvalue weighted by atomic mass is 35.5. The third-order valence-electron chi connectivity index (χ3n) is 2.41. The van der Waals surface area contributed by atoms with Gasteiger partial charge in [-0.25, -0.2) is 0 Å². The fraction of sp³-hybridized carbons (Fsp3) is 0.364. The lowest BCUT2D eigenvalue weighted by atomic mass is 10.00. The number of fused-ring (bicyclic) bond motifs is 1. The molecule has 1 heterocycles. The number of carbonyl (C=O) groups is 1. The standard InChI is InChI=1S/C11H11ClO2/c1-2-8-6-10(13)9-4-3-7(12)5-11(9)14-8/h3-5,8H,2,6H2,1H3. The van der Waals surface area contributed by atoms with Gasteiger partial charge in [0.05, 0.1) is 5.56 Å². The summed E-state index contributed by atoms with van der Waals surface area (Å²) >= 11 is 5.82. The van der Waals surface area contributed by atoms with Crippen molar-refractivity contribution in [3.05, 3.63) is 28.8 Å². The van der Waals surface area contributed by atoms with Crippen LogP contribution in [0.2, 0.25) is 5.02 Å². The zero-order valence-electron chi connectivity index (χ0n) is 7.92. The first-order chi connectivity index (χ1) is 6.70. The van der Waals surface area contributed by atoms with E-state index < -0.39 is 0 Å². The Morgan fingerprint density at radius 1 is 1.57 bits per heavy atom. The minimum absolute atomic E-state index is 0.00784. The van der Waals surface area contributed by atoms with Crippen molar-refractivity contribution >= 4 is 17.4 Å². The van der Waals surface area contributed by atoms with E-state index in [0.29, 0.717) is 22.8 Å². The van der Waals surface area contributed by atoms with Gasteiger partial charge in [-0.1, -0.05) is 18.5 Å². The molecule has 74 valence electrons. The van der Waals surface area contributed by atoms with Crippen LogP contribution in [0.3, 0.4) is 0 Å². The molecule has 0 saturated carbocycles. The fourth-order valence-electron chi connectivity index (χ4n) is 1.59. The first kappa shape index (κ1) is 9.53. The Hall–Kier alpha value is -1.02. The largest absolute Gasteiger partial charge is 0.489 e. The Morgan fingerprint density at radius 3 is 3.07 bits per heavy atom. The molecule has 1 aromatic rings. The number of hydrogen-bond acceptors (Lipinski definition) is 2. The van der Waals surface area contributed by atoms with Gasteiger partial charge >= 0.3 is 0 Å². The lowest BCUT2D eigenvalue weighted by Gasteiger charge is -2.24. The summed E-state index contributed by atoms with van der Waals surface area (Å²) in [5.41, 5.74) is 0.652. The normalized spacial score (nSPS) is 20.1. The predicted octanol–water partition coefficient (Wildman–Crippen LogP) is 3.08. The maximum atomic E-state index is 11.6. The maximum Gasteiger partial charge on any atom is 0.170 e. The Bertz CT molecular complexity index is 374. The average Bonchev–Trinajstić information content (AvgIpc) is 2.16. The van der Waals surface area contributed by atoms with Crippen molar-refractivity contribution in [2.75, 3.05) is 0 Å². The molecule has 2 rings (SSSR count). The summed E-state index contributed by atoms with van der Waals surface area (Å²) in [6, 6.07) is 5.15. The molecule has 1 unspecified atom stereocenters. The molecule has 14 heavy (non-hydrogen) atoms. The van der Waals surface area contributed by atoms with Gasteiger partial charge in [0.1, 0.15) is 11.9 Å². The molecule has 1 atom stereocenters. The van der Waals surface area contributed by atoms with Crippen LogP contribution in [0.5, 0.6) is 5.75 Å². The van der Waals surface area contributed by atoms with Crippen LogP contribution < -0.4 is 4.74 Å². The van der Waals surface area contributed by atoms with E-state index in [1.807, 2.05) is 6.92 Å². The number of carbonyl (C=O) groups excluding carboxylic acids is 1. The second kappa shape index (κ2) is 3.62. The molecule has 1 aromatic carbocycles. The molecular formula is C11H11ClO2. The first-order valence-corrected chi connectivity index (χ1v) is 5.08. The molecule has 0 aliphatic carbocycles. The van der Waals surface area contributed by atoms with Crippen LogP contribution in [0.15, 0.2) is 18.2 Å². The van der Waals surface area contributed by atoms with E-state index in [-0.39, 0.29) is 11.9 Å². The molecule has 3 heteroatoms.